The van der Waals surface area contributed by atoms with Crippen LogP contribution in [0.3, 0.4) is 0 Å². The molecule has 1 unspecified atom stereocenters. The van der Waals surface area contributed by atoms with Crippen LogP contribution in [0, 0.1) is 0 Å². The average Bonchev–Trinajstić information content (AvgIpc) is 2.35. The Kier molecular flexibility index (Phi) is 5.09. The molecule has 8 heteroatoms. The van der Waals surface area contributed by atoms with E-state index in [9.17, 15) is 22.8 Å². The van der Waals surface area contributed by atoms with Crippen LogP contribution in [0.2, 0.25) is 0 Å². The van der Waals surface area contributed by atoms with Crippen molar-refractivity contribution in [3.8, 4) is 0 Å². The molecule has 0 spiro atoms. The van der Waals surface area contributed by atoms with Gasteiger partial charge in [-0.2, -0.15) is 13.2 Å². The molecule has 1 aromatic carbocycles. The molecule has 0 heterocycles. The van der Waals surface area contributed by atoms with E-state index in [2.05, 4.69) is 5.32 Å². The number of anilines is 1. The Morgan fingerprint density at radius 3 is 2.25 bits per heavy atom. The Morgan fingerprint density at radius 2 is 1.80 bits per heavy atom. The lowest BCUT2D eigenvalue weighted by Crippen LogP contribution is -2.36. The van der Waals surface area contributed by atoms with E-state index in [1.165, 1.54) is 0 Å². The van der Waals surface area contributed by atoms with Crippen molar-refractivity contribution in [3.05, 3.63) is 29.8 Å². The van der Waals surface area contributed by atoms with Gasteiger partial charge in [0.25, 0.3) is 0 Å². The number of carbonyl (C=O) groups excluding carboxylic acids is 1. The lowest BCUT2D eigenvalue weighted by atomic mass is 10.1. The van der Waals surface area contributed by atoms with Crippen molar-refractivity contribution in [1.29, 1.82) is 0 Å². The van der Waals surface area contributed by atoms with Crippen LogP contribution >= 0.6 is 0 Å². The Morgan fingerprint density at radius 1 is 1.25 bits per heavy atom. The van der Waals surface area contributed by atoms with Crippen LogP contribution in [0.1, 0.15) is 18.4 Å². The maximum atomic E-state index is 12.3. The van der Waals surface area contributed by atoms with E-state index in [1.807, 2.05) is 0 Å². The Bertz CT molecular complexity index is 486. The number of nitrogens with two attached hydrogens (primary N) is 1. The summed E-state index contributed by atoms with van der Waals surface area (Å²) in [6, 6.07) is 2.83. The number of hydrogen-bond acceptors (Lipinski definition) is 3. The molecule has 110 valence electrons. The summed E-state index contributed by atoms with van der Waals surface area (Å²) in [7, 11) is 0. The van der Waals surface area contributed by atoms with Gasteiger partial charge in [-0.1, -0.05) is 0 Å². The molecule has 1 amide bonds. The lowest BCUT2D eigenvalue weighted by molar-refractivity contribution is -0.138. The summed E-state index contributed by atoms with van der Waals surface area (Å²) in [5.74, 6) is -1.73. The van der Waals surface area contributed by atoms with Gasteiger partial charge in [-0.15, -0.1) is 0 Å². The van der Waals surface area contributed by atoms with Crippen LogP contribution in [0.15, 0.2) is 24.3 Å². The van der Waals surface area contributed by atoms with Gasteiger partial charge in [0.2, 0.25) is 5.91 Å². The van der Waals surface area contributed by atoms with Crippen LogP contribution in [0.5, 0.6) is 0 Å². The van der Waals surface area contributed by atoms with E-state index in [0.717, 1.165) is 24.3 Å². The number of hydrogen-bond donors (Lipinski definition) is 3. The molecule has 0 aromatic heterocycles. The number of benzene rings is 1. The summed E-state index contributed by atoms with van der Waals surface area (Å²) in [6.07, 6.45) is -4.76. The maximum Gasteiger partial charge on any atom is 0.416 e. The van der Waals surface area contributed by atoms with Gasteiger partial charge >= 0.3 is 12.1 Å². The summed E-state index contributed by atoms with van der Waals surface area (Å²) in [5.41, 5.74) is 4.79. The number of alkyl halides is 3. The summed E-state index contributed by atoms with van der Waals surface area (Å²) in [5, 5.41) is 10.8. The van der Waals surface area contributed by atoms with Crippen LogP contribution in [-0.4, -0.2) is 23.0 Å². The SMILES string of the molecule is NC(CCC(=O)O)C(=O)Nc1ccc(C(F)(F)F)cc1. The molecule has 0 aliphatic carbocycles. The molecule has 20 heavy (non-hydrogen) atoms. The highest BCUT2D eigenvalue weighted by Gasteiger charge is 2.30. The van der Waals surface area contributed by atoms with Crippen molar-refractivity contribution < 1.29 is 27.9 Å². The molecule has 5 nitrogen and oxygen atoms in total. The van der Waals surface area contributed by atoms with E-state index in [1.54, 1.807) is 0 Å². The third kappa shape index (κ3) is 4.88. The highest BCUT2D eigenvalue weighted by Crippen LogP contribution is 2.29. The van der Waals surface area contributed by atoms with Gasteiger partial charge in [0.15, 0.2) is 0 Å². The van der Waals surface area contributed by atoms with E-state index in [-0.39, 0.29) is 18.5 Å². The van der Waals surface area contributed by atoms with E-state index < -0.39 is 29.7 Å². The second-order valence-corrected chi connectivity index (χ2v) is 4.10. The molecular weight excluding hydrogens is 277 g/mol. The zero-order valence-electron chi connectivity index (χ0n) is 10.3. The fraction of sp³-hybridized carbons (Fsp3) is 0.333. The summed E-state index contributed by atoms with van der Waals surface area (Å²) >= 11 is 0. The topological polar surface area (TPSA) is 92.4 Å². The third-order valence-corrected chi connectivity index (χ3v) is 2.49. The van der Waals surface area contributed by atoms with Crippen molar-refractivity contribution in [2.75, 3.05) is 5.32 Å². The smallest absolute Gasteiger partial charge is 0.416 e. The van der Waals surface area contributed by atoms with Crippen LogP contribution < -0.4 is 11.1 Å². The molecule has 1 aromatic rings. The van der Waals surface area contributed by atoms with Crippen molar-refractivity contribution in [2.24, 2.45) is 5.73 Å². The number of carboxylic acids is 1. The van der Waals surface area contributed by atoms with Crippen LogP contribution in [0.4, 0.5) is 18.9 Å². The normalized spacial score (nSPS) is 12.8. The third-order valence-electron chi connectivity index (χ3n) is 2.49. The predicted octanol–water partition coefficient (Wildman–Crippen LogP) is 1.84. The summed E-state index contributed by atoms with van der Waals surface area (Å²) < 4.78 is 37.0. The molecule has 0 radical (unpaired) electrons. The number of aliphatic carboxylic acids is 1. The summed E-state index contributed by atoms with van der Waals surface area (Å²) in [4.78, 5) is 21.9. The van der Waals surface area contributed by atoms with Gasteiger partial charge in [0.1, 0.15) is 0 Å². The van der Waals surface area contributed by atoms with Gasteiger partial charge < -0.3 is 16.2 Å². The molecule has 0 saturated heterocycles. The van der Waals surface area contributed by atoms with Gasteiger partial charge in [-0.3, -0.25) is 9.59 Å². The first-order chi connectivity index (χ1) is 9.20. The first kappa shape index (κ1) is 16.0. The van der Waals surface area contributed by atoms with Crippen LogP contribution in [-0.2, 0) is 15.8 Å². The van der Waals surface area contributed by atoms with Gasteiger partial charge in [0.05, 0.1) is 11.6 Å². The largest absolute Gasteiger partial charge is 0.481 e. The molecule has 1 atom stereocenters. The molecule has 1 rings (SSSR count). The molecule has 4 N–H and O–H groups in total. The molecular formula is C12H13F3N2O3. The van der Waals surface area contributed by atoms with E-state index >= 15 is 0 Å². The number of rotatable bonds is 5. The van der Waals surface area contributed by atoms with Crippen molar-refractivity contribution >= 4 is 17.6 Å². The Labute approximate surface area is 112 Å². The monoisotopic (exact) mass is 290 g/mol. The Hall–Kier alpha value is -2.09. The first-order valence-electron chi connectivity index (χ1n) is 5.65. The number of nitrogens with one attached hydrogen (secondary N) is 1. The van der Waals surface area contributed by atoms with Crippen LogP contribution in [0.25, 0.3) is 0 Å². The number of carbonyl (C=O) groups is 2. The van der Waals surface area contributed by atoms with Crippen molar-refractivity contribution in [3.63, 3.8) is 0 Å². The minimum atomic E-state index is -4.44. The number of halogens is 3. The Balaban J connectivity index is 2.60. The molecule has 0 aliphatic heterocycles. The quantitative estimate of drug-likeness (QED) is 0.771. The molecule has 0 saturated carbocycles. The maximum absolute atomic E-state index is 12.3. The standard InChI is InChI=1S/C12H13F3N2O3/c13-12(14,15)7-1-3-8(4-2-7)17-11(20)9(16)5-6-10(18)19/h1-4,9H,5-6,16H2,(H,17,20)(H,18,19). The molecule has 0 bridgehead atoms. The zero-order valence-corrected chi connectivity index (χ0v) is 10.3. The van der Waals surface area contributed by atoms with Gasteiger partial charge in [-0.25, -0.2) is 0 Å². The predicted molar refractivity (Wildman–Crippen MR) is 64.9 cm³/mol. The highest BCUT2D eigenvalue weighted by molar-refractivity contribution is 5.94. The fourth-order valence-electron chi connectivity index (χ4n) is 1.39. The van der Waals surface area contributed by atoms with Crippen molar-refractivity contribution in [1.82, 2.24) is 0 Å². The second-order valence-electron chi connectivity index (χ2n) is 4.10. The lowest BCUT2D eigenvalue weighted by Gasteiger charge is -2.12. The van der Waals surface area contributed by atoms with Gasteiger partial charge in [0, 0.05) is 12.1 Å². The minimum absolute atomic E-state index is 0.0538. The fourth-order valence-corrected chi connectivity index (χ4v) is 1.39. The summed E-state index contributed by atoms with van der Waals surface area (Å²) in [6.45, 7) is 0. The van der Waals surface area contributed by atoms with Gasteiger partial charge in [-0.05, 0) is 30.7 Å². The van der Waals surface area contributed by atoms with Crippen molar-refractivity contribution in [2.45, 2.75) is 25.1 Å². The molecule has 0 aliphatic rings. The number of carboxylic acid groups (broad SMARTS) is 1. The van der Waals surface area contributed by atoms with E-state index in [4.69, 9.17) is 10.8 Å². The van der Waals surface area contributed by atoms with E-state index in [0.29, 0.717) is 0 Å². The number of amides is 1. The second kappa shape index (κ2) is 6.38. The molecule has 0 fully saturated rings. The zero-order chi connectivity index (χ0) is 15.3. The minimum Gasteiger partial charge on any atom is -0.481 e. The highest BCUT2D eigenvalue weighted by atomic mass is 19.4. The average molecular weight is 290 g/mol. The first-order valence-corrected chi connectivity index (χ1v) is 5.65.